The molecule has 0 radical (unpaired) electrons. The van der Waals surface area contributed by atoms with Crippen molar-refractivity contribution in [3.05, 3.63) is 48.0 Å². The van der Waals surface area contributed by atoms with Gasteiger partial charge in [-0.25, -0.2) is 0 Å². The van der Waals surface area contributed by atoms with E-state index in [1.54, 1.807) is 0 Å². The lowest BCUT2D eigenvalue weighted by Crippen LogP contribution is -2.37. The number of likely N-dealkylation sites (tertiary alicyclic amines) is 1. The lowest BCUT2D eigenvalue weighted by molar-refractivity contribution is -0.138. The van der Waals surface area contributed by atoms with Crippen molar-refractivity contribution in [3.8, 4) is 0 Å². The molecule has 2 aromatic carbocycles. The molecule has 0 aromatic heterocycles. The molecule has 0 saturated carbocycles. The largest absolute Gasteiger partial charge is 0.311 e. The molecule has 1 saturated heterocycles. The van der Waals surface area contributed by atoms with E-state index < -0.39 is 0 Å². The molecule has 21 heavy (non-hydrogen) atoms. The molecular weight excluding hydrogens is 264 g/mol. The fourth-order valence-corrected chi connectivity index (χ4v) is 2.91. The van der Waals surface area contributed by atoms with Crippen molar-refractivity contribution in [2.45, 2.75) is 18.9 Å². The minimum absolute atomic E-state index is 0.0536. The molecule has 2 amide bonds. The number of rotatable bonds is 4. The van der Waals surface area contributed by atoms with Gasteiger partial charge in [-0.2, -0.15) is 0 Å². The van der Waals surface area contributed by atoms with Crippen LogP contribution in [0, 0.1) is 0 Å². The predicted octanol–water partition coefficient (Wildman–Crippen LogP) is 2.25. The first-order chi connectivity index (χ1) is 10.2. The summed E-state index contributed by atoms with van der Waals surface area (Å²) in [5.41, 5.74) is 1.11. The zero-order valence-electron chi connectivity index (χ0n) is 12.0. The van der Waals surface area contributed by atoms with E-state index in [-0.39, 0.29) is 17.9 Å². The molecule has 1 atom stereocenters. The van der Waals surface area contributed by atoms with Gasteiger partial charge in [-0.05, 0) is 23.4 Å². The molecule has 3 rings (SSSR count). The van der Waals surface area contributed by atoms with Crippen molar-refractivity contribution < 1.29 is 9.59 Å². The van der Waals surface area contributed by atoms with E-state index in [2.05, 4.69) is 29.6 Å². The van der Waals surface area contributed by atoms with Crippen LogP contribution in [0.3, 0.4) is 0 Å². The highest BCUT2D eigenvalue weighted by molar-refractivity contribution is 6.02. The van der Waals surface area contributed by atoms with Crippen molar-refractivity contribution >= 4 is 22.6 Å². The molecule has 0 spiro atoms. The van der Waals surface area contributed by atoms with Crippen LogP contribution in [0.25, 0.3) is 10.8 Å². The van der Waals surface area contributed by atoms with Gasteiger partial charge < -0.3 is 5.32 Å². The molecule has 0 bridgehead atoms. The maximum atomic E-state index is 11.8. The number of carbonyl (C=O) groups is 2. The molecule has 0 aliphatic carbocycles. The van der Waals surface area contributed by atoms with E-state index in [0.717, 1.165) is 16.3 Å². The average molecular weight is 282 g/mol. The third kappa shape index (κ3) is 2.54. The molecule has 1 fully saturated rings. The minimum atomic E-state index is -0.0690. The van der Waals surface area contributed by atoms with Crippen molar-refractivity contribution in [3.63, 3.8) is 0 Å². The van der Waals surface area contributed by atoms with Gasteiger partial charge in [0, 0.05) is 19.4 Å². The smallest absolute Gasteiger partial charge is 0.229 e. The fourth-order valence-electron chi connectivity index (χ4n) is 2.91. The van der Waals surface area contributed by atoms with Gasteiger partial charge in [0.2, 0.25) is 11.8 Å². The minimum Gasteiger partial charge on any atom is -0.311 e. The van der Waals surface area contributed by atoms with E-state index in [1.807, 2.05) is 25.2 Å². The van der Waals surface area contributed by atoms with Crippen LogP contribution >= 0.6 is 0 Å². The van der Waals surface area contributed by atoms with Crippen LogP contribution in [0.4, 0.5) is 0 Å². The van der Waals surface area contributed by atoms with Gasteiger partial charge in [-0.1, -0.05) is 42.5 Å². The second-order valence-electron chi connectivity index (χ2n) is 5.31. The second kappa shape index (κ2) is 5.66. The molecule has 1 heterocycles. The predicted molar refractivity (Wildman–Crippen MR) is 81.7 cm³/mol. The first-order valence-electron chi connectivity index (χ1n) is 7.19. The summed E-state index contributed by atoms with van der Waals surface area (Å²) in [6.07, 6.45) is 0.676. The van der Waals surface area contributed by atoms with Crippen LogP contribution in [0.5, 0.6) is 0 Å². The first kappa shape index (κ1) is 13.8. The molecule has 4 nitrogen and oxygen atoms in total. The van der Waals surface area contributed by atoms with Gasteiger partial charge in [0.25, 0.3) is 0 Å². The quantitative estimate of drug-likeness (QED) is 0.875. The number of hydrogen-bond acceptors (Lipinski definition) is 3. The van der Waals surface area contributed by atoms with Gasteiger partial charge in [-0.3, -0.25) is 14.5 Å². The van der Waals surface area contributed by atoms with Crippen molar-refractivity contribution in [1.29, 1.82) is 0 Å². The van der Waals surface area contributed by atoms with Gasteiger partial charge in [-0.15, -0.1) is 0 Å². The number of likely N-dealkylation sites (N-methyl/N-ethyl adjacent to an activating group) is 1. The third-order valence-corrected chi connectivity index (χ3v) is 4.07. The topological polar surface area (TPSA) is 49.4 Å². The summed E-state index contributed by atoms with van der Waals surface area (Å²) in [7, 11) is 1.86. The maximum absolute atomic E-state index is 11.8. The summed E-state index contributed by atoms with van der Waals surface area (Å²) in [5, 5.41) is 5.55. The fraction of sp³-hybridized carbons (Fsp3) is 0.294. The highest BCUT2D eigenvalue weighted by Gasteiger charge is 2.31. The van der Waals surface area contributed by atoms with E-state index in [4.69, 9.17) is 0 Å². The normalized spacial score (nSPS) is 16.7. The Labute approximate surface area is 123 Å². The van der Waals surface area contributed by atoms with Crippen LogP contribution in [0.2, 0.25) is 0 Å². The van der Waals surface area contributed by atoms with Crippen LogP contribution < -0.4 is 5.32 Å². The Balaban J connectivity index is 1.95. The maximum Gasteiger partial charge on any atom is 0.229 e. The number of nitrogens with one attached hydrogen (secondary N) is 1. The van der Waals surface area contributed by atoms with E-state index in [9.17, 15) is 9.59 Å². The van der Waals surface area contributed by atoms with Crippen molar-refractivity contribution in [2.24, 2.45) is 0 Å². The summed E-state index contributed by atoms with van der Waals surface area (Å²) >= 11 is 0. The van der Waals surface area contributed by atoms with E-state index in [0.29, 0.717) is 19.4 Å². The van der Waals surface area contributed by atoms with Gasteiger partial charge in [0.15, 0.2) is 0 Å². The molecule has 1 aliphatic rings. The Morgan fingerprint density at radius 3 is 2.43 bits per heavy atom. The van der Waals surface area contributed by atoms with Gasteiger partial charge >= 0.3 is 0 Å². The molecule has 1 N–H and O–H groups in total. The second-order valence-corrected chi connectivity index (χ2v) is 5.31. The van der Waals surface area contributed by atoms with Crippen molar-refractivity contribution in [1.82, 2.24) is 10.2 Å². The molecule has 108 valence electrons. The number of amides is 2. The van der Waals surface area contributed by atoms with Crippen LogP contribution in [-0.4, -0.2) is 30.3 Å². The van der Waals surface area contributed by atoms with Crippen molar-refractivity contribution in [2.75, 3.05) is 13.6 Å². The number of imide groups is 1. The SMILES string of the molecule is CNC(CN1C(=O)CCC1=O)c1cccc2ccccc12. The molecule has 1 unspecified atom stereocenters. The Morgan fingerprint density at radius 1 is 1.05 bits per heavy atom. The summed E-state index contributed by atoms with van der Waals surface area (Å²) in [5.74, 6) is -0.138. The monoisotopic (exact) mass is 282 g/mol. The number of fused-ring (bicyclic) bond motifs is 1. The summed E-state index contributed by atoms with van der Waals surface area (Å²) in [6, 6.07) is 14.2. The molecule has 2 aromatic rings. The Morgan fingerprint density at radius 2 is 1.71 bits per heavy atom. The molecule has 4 heteroatoms. The summed E-state index contributed by atoms with van der Waals surface area (Å²) in [6.45, 7) is 0.391. The zero-order chi connectivity index (χ0) is 14.8. The summed E-state index contributed by atoms with van der Waals surface area (Å²) < 4.78 is 0. The first-order valence-corrected chi connectivity index (χ1v) is 7.19. The number of carbonyl (C=O) groups excluding carboxylic acids is 2. The standard InChI is InChI=1S/C17H18N2O2/c1-18-15(11-19-16(20)9-10-17(19)21)14-8-4-6-12-5-2-3-7-13(12)14/h2-8,15,18H,9-11H2,1H3. The lowest BCUT2D eigenvalue weighted by Gasteiger charge is -2.23. The highest BCUT2D eigenvalue weighted by atomic mass is 16.2. The Hall–Kier alpha value is -2.20. The van der Waals surface area contributed by atoms with E-state index >= 15 is 0 Å². The molecule has 1 aliphatic heterocycles. The Kier molecular flexibility index (Phi) is 3.71. The van der Waals surface area contributed by atoms with Crippen LogP contribution in [0.15, 0.2) is 42.5 Å². The average Bonchev–Trinajstić information content (AvgIpc) is 2.83. The Bertz CT molecular complexity index is 675. The number of hydrogen-bond donors (Lipinski definition) is 1. The number of nitrogens with zero attached hydrogens (tertiary/aromatic N) is 1. The van der Waals surface area contributed by atoms with Crippen LogP contribution in [-0.2, 0) is 9.59 Å². The highest BCUT2D eigenvalue weighted by Crippen LogP contribution is 2.26. The molecular formula is C17H18N2O2. The van der Waals surface area contributed by atoms with E-state index in [1.165, 1.54) is 4.90 Å². The zero-order valence-corrected chi connectivity index (χ0v) is 12.0. The summed E-state index contributed by atoms with van der Waals surface area (Å²) in [4.78, 5) is 25.0. The van der Waals surface area contributed by atoms with Crippen LogP contribution in [0.1, 0.15) is 24.4 Å². The lowest BCUT2D eigenvalue weighted by atomic mass is 9.98. The van der Waals surface area contributed by atoms with Gasteiger partial charge in [0.1, 0.15) is 0 Å². The van der Waals surface area contributed by atoms with Gasteiger partial charge in [0.05, 0.1) is 6.04 Å². The third-order valence-electron chi connectivity index (χ3n) is 4.07. The number of benzene rings is 2.